The fraction of sp³-hybridized carbons (Fsp3) is 0.467. The van der Waals surface area contributed by atoms with Crippen molar-refractivity contribution < 1.29 is 9.90 Å². The van der Waals surface area contributed by atoms with Crippen LogP contribution in [0.4, 0.5) is 0 Å². The Hall–Kier alpha value is -1.76. The molecule has 0 bridgehead atoms. The summed E-state index contributed by atoms with van der Waals surface area (Å²) in [6.45, 7) is 4.04. The van der Waals surface area contributed by atoms with Gasteiger partial charge in [-0.15, -0.1) is 5.10 Å². The van der Waals surface area contributed by atoms with Crippen molar-refractivity contribution in [1.29, 1.82) is 0 Å². The Morgan fingerprint density at radius 1 is 1.32 bits per heavy atom. The minimum Gasteiger partial charge on any atom is -0.481 e. The van der Waals surface area contributed by atoms with E-state index >= 15 is 0 Å². The van der Waals surface area contributed by atoms with Crippen LogP contribution in [0, 0.1) is 11.8 Å². The number of aliphatic carboxylic acids is 1. The maximum Gasteiger partial charge on any atom is 0.307 e. The summed E-state index contributed by atoms with van der Waals surface area (Å²) in [5.41, 5.74) is 1.06. The molecule has 22 heavy (non-hydrogen) atoms. The molecule has 2 atom stereocenters. The Morgan fingerprint density at radius 2 is 2.00 bits per heavy atom. The van der Waals surface area contributed by atoms with Crippen LogP contribution in [-0.2, 0) is 11.2 Å². The van der Waals surface area contributed by atoms with Gasteiger partial charge in [0, 0.05) is 10.4 Å². The minimum absolute atomic E-state index is 0.281. The van der Waals surface area contributed by atoms with E-state index in [1.807, 2.05) is 38.1 Å². The zero-order valence-electron chi connectivity index (χ0n) is 12.5. The van der Waals surface area contributed by atoms with Crippen molar-refractivity contribution in [3.05, 3.63) is 40.1 Å². The van der Waals surface area contributed by atoms with E-state index in [0.29, 0.717) is 18.7 Å². The minimum atomic E-state index is -0.813. The molecule has 0 aliphatic rings. The second-order valence-electron chi connectivity index (χ2n) is 5.80. The van der Waals surface area contributed by atoms with Crippen LogP contribution < -0.4 is 0 Å². The number of H-pyrrole nitrogens is 1. The maximum atomic E-state index is 11.7. The predicted molar refractivity (Wildman–Crippen MR) is 85.3 cm³/mol. The van der Waals surface area contributed by atoms with Gasteiger partial charge in [0.15, 0.2) is 5.82 Å². The lowest BCUT2D eigenvalue weighted by molar-refractivity contribution is -0.143. The van der Waals surface area contributed by atoms with Gasteiger partial charge >= 0.3 is 5.97 Å². The molecule has 1 aromatic carbocycles. The summed E-state index contributed by atoms with van der Waals surface area (Å²) in [7, 11) is 0. The van der Waals surface area contributed by atoms with Gasteiger partial charge in [-0.05, 0) is 46.9 Å². The topological polar surface area (TPSA) is 91.8 Å². The molecule has 0 saturated heterocycles. The first kappa shape index (κ1) is 16.6. The average molecular weight is 367 g/mol. The van der Waals surface area contributed by atoms with E-state index in [2.05, 4.69) is 36.6 Å². The molecule has 6 nitrogen and oxygen atoms in total. The number of halogens is 1. The van der Waals surface area contributed by atoms with Crippen molar-refractivity contribution in [2.45, 2.75) is 32.6 Å². The molecule has 0 spiro atoms. The highest BCUT2D eigenvalue weighted by molar-refractivity contribution is 9.10. The number of carboxylic acid groups (broad SMARTS) is 1. The first-order chi connectivity index (χ1) is 10.5. The van der Waals surface area contributed by atoms with Gasteiger partial charge in [0.1, 0.15) is 0 Å². The molecule has 0 aliphatic heterocycles. The molecule has 0 amide bonds. The predicted octanol–water partition coefficient (Wildman–Crippen LogP) is 3.04. The lowest BCUT2D eigenvalue weighted by Gasteiger charge is -2.23. The molecular formula is C15H19BrN4O2. The van der Waals surface area contributed by atoms with E-state index < -0.39 is 11.9 Å². The Kier molecular flexibility index (Phi) is 5.65. The first-order valence-electron chi connectivity index (χ1n) is 7.18. The van der Waals surface area contributed by atoms with Crippen molar-refractivity contribution in [1.82, 2.24) is 20.6 Å². The summed E-state index contributed by atoms with van der Waals surface area (Å²) in [6.07, 6.45) is 1.16. The van der Waals surface area contributed by atoms with Crippen LogP contribution in [0.25, 0.3) is 0 Å². The summed E-state index contributed by atoms with van der Waals surface area (Å²) in [5, 5.41) is 23.5. The number of aromatic amines is 1. The smallest absolute Gasteiger partial charge is 0.307 e. The number of aromatic nitrogens is 4. The summed E-state index contributed by atoms with van der Waals surface area (Å²) in [6, 6.07) is 7.86. The number of tetrazole rings is 1. The van der Waals surface area contributed by atoms with Crippen molar-refractivity contribution in [2.24, 2.45) is 11.8 Å². The van der Waals surface area contributed by atoms with E-state index in [0.717, 1.165) is 10.0 Å². The number of benzene rings is 1. The van der Waals surface area contributed by atoms with Crippen LogP contribution in [0.3, 0.4) is 0 Å². The third-order valence-corrected chi connectivity index (χ3v) is 4.14. The van der Waals surface area contributed by atoms with Crippen molar-refractivity contribution in [2.75, 3.05) is 0 Å². The summed E-state index contributed by atoms with van der Waals surface area (Å²) in [4.78, 5) is 11.7. The second kappa shape index (κ2) is 7.49. The Labute approximate surface area is 137 Å². The number of carbonyl (C=O) groups is 1. The largest absolute Gasteiger partial charge is 0.481 e. The Balaban J connectivity index is 2.29. The van der Waals surface area contributed by atoms with Crippen LogP contribution in [0.15, 0.2) is 28.7 Å². The highest BCUT2D eigenvalue weighted by Crippen LogP contribution is 2.31. The van der Waals surface area contributed by atoms with Crippen LogP contribution in [-0.4, -0.2) is 31.7 Å². The van der Waals surface area contributed by atoms with Gasteiger partial charge in [-0.1, -0.05) is 41.9 Å². The highest BCUT2D eigenvalue weighted by atomic mass is 79.9. The number of rotatable bonds is 7. The van der Waals surface area contributed by atoms with Crippen molar-refractivity contribution >= 4 is 21.9 Å². The van der Waals surface area contributed by atoms with E-state index in [-0.39, 0.29) is 11.8 Å². The molecule has 2 aromatic rings. The molecule has 2 N–H and O–H groups in total. The molecule has 118 valence electrons. The fourth-order valence-corrected chi connectivity index (χ4v) is 2.84. The third kappa shape index (κ3) is 4.37. The molecule has 2 rings (SSSR count). The molecule has 0 aliphatic carbocycles. The zero-order chi connectivity index (χ0) is 16.1. The molecule has 0 fully saturated rings. The molecule has 1 heterocycles. The number of hydrogen-bond donors (Lipinski definition) is 2. The van der Waals surface area contributed by atoms with E-state index in [9.17, 15) is 9.90 Å². The Morgan fingerprint density at radius 3 is 2.50 bits per heavy atom. The normalized spacial score (nSPS) is 14.0. The van der Waals surface area contributed by atoms with Crippen LogP contribution in [0.2, 0.25) is 0 Å². The van der Waals surface area contributed by atoms with Gasteiger partial charge < -0.3 is 5.11 Å². The third-order valence-electron chi connectivity index (χ3n) is 3.61. The molecular weight excluding hydrogens is 348 g/mol. The van der Waals surface area contributed by atoms with Gasteiger partial charge in [0.25, 0.3) is 0 Å². The van der Waals surface area contributed by atoms with Gasteiger partial charge in [-0.2, -0.15) is 0 Å². The summed E-state index contributed by atoms with van der Waals surface area (Å²) in [5.74, 6) is -0.818. The molecule has 0 radical (unpaired) electrons. The Bertz CT molecular complexity index is 599. The lowest BCUT2D eigenvalue weighted by atomic mass is 9.81. The maximum absolute atomic E-state index is 11.7. The van der Waals surface area contributed by atoms with E-state index in [1.165, 1.54) is 0 Å². The number of nitrogens with one attached hydrogen (secondary N) is 1. The monoisotopic (exact) mass is 366 g/mol. The number of nitrogens with zero attached hydrogens (tertiary/aromatic N) is 3. The SMILES string of the molecule is CC(C)C[C@H](C(=O)O)[C@H](Cc1ccc(Br)cc1)c1nnn[nH]1. The van der Waals surface area contributed by atoms with Gasteiger partial charge in [-0.25, -0.2) is 5.10 Å². The van der Waals surface area contributed by atoms with Gasteiger partial charge in [0.05, 0.1) is 5.92 Å². The van der Waals surface area contributed by atoms with Gasteiger partial charge in [0.2, 0.25) is 0 Å². The summed E-state index contributed by atoms with van der Waals surface area (Å²) >= 11 is 3.40. The standard InChI is InChI=1S/C15H19BrN4O2/c1-9(2)7-13(15(21)22)12(14-17-19-20-18-14)8-10-3-5-11(16)6-4-10/h3-6,9,12-13H,7-8H2,1-2H3,(H,21,22)(H,17,18,19,20)/t12-,13-/m0/s1. The zero-order valence-corrected chi connectivity index (χ0v) is 14.1. The lowest BCUT2D eigenvalue weighted by Crippen LogP contribution is -2.26. The molecule has 0 saturated carbocycles. The van der Waals surface area contributed by atoms with Gasteiger partial charge in [-0.3, -0.25) is 4.79 Å². The van der Waals surface area contributed by atoms with Crippen LogP contribution in [0.1, 0.15) is 37.6 Å². The number of carboxylic acids is 1. The summed E-state index contributed by atoms with van der Waals surface area (Å²) < 4.78 is 0.992. The van der Waals surface area contributed by atoms with E-state index in [4.69, 9.17) is 0 Å². The second-order valence-corrected chi connectivity index (χ2v) is 6.71. The first-order valence-corrected chi connectivity index (χ1v) is 7.97. The van der Waals surface area contributed by atoms with E-state index in [1.54, 1.807) is 0 Å². The van der Waals surface area contributed by atoms with Crippen LogP contribution >= 0.6 is 15.9 Å². The van der Waals surface area contributed by atoms with Crippen LogP contribution in [0.5, 0.6) is 0 Å². The molecule has 7 heteroatoms. The average Bonchev–Trinajstić information content (AvgIpc) is 2.98. The fourth-order valence-electron chi connectivity index (χ4n) is 2.57. The van der Waals surface area contributed by atoms with Crippen molar-refractivity contribution in [3.8, 4) is 0 Å². The highest BCUT2D eigenvalue weighted by Gasteiger charge is 2.32. The van der Waals surface area contributed by atoms with Crippen molar-refractivity contribution in [3.63, 3.8) is 0 Å². The molecule has 1 aromatic heterocycles. The molecule has 0 unspecified atom stereocenters. The quantitative estimate of drug-likeness (QED) is 0.785. The number of hydrogen-bond acceptors (Lipinski definition) is 4.